The molecular formula is C19H21NO3. The van der Waals surface area contributed by atoms with Gasteiger partial charge >= 0.3 is 0 Å². The van der Waals surface area contributed by atoms with Gasteiger partial charge in [0.15, 0.2) is 5.78 Å². The van der Waals surface area contributed by atoms with Gasteiger partial charge in [0.05, 0.1) is 14.2 Å². The van der Waals surface area contributed by atoms with Gasteiger partial charge in [-0.3, -0.25) is 4.79 Å². The van der Waals surface area contributed by atoms with Gasteiger partial charge in [0, 0.05) is 31.4 Å². The molecule has 4 nitrogen and oxygen atoms in total. The van der Waals surface area contributed by atoms with Crippen LogP contribution in [0.5, 0.6) is 11.5 Å². The van der Waals surface area contributed by atoms with Crippen LogP contribution < -0.4 is 9.47 Å². The quantitative estimate of drug-likeness (QED) is 0.605. The molecule has 0 aliphatic rings. The van der Waals surface area contributed by atoms with Gasteiger partial charge in [-0.1, -0.05) is 0 Å². The Labute approximate surface area is 137 Å². The molecule has 0 aliphatic carbocycles. The summed E-state index contributed by atoms with van der Waals surface area (Å²) in [5.41, 5.74) is 2.42. The normalized spacial score (nSPS) is 11.0. The zero-order valence-electron chi connectivity index (χ0n) is 13.9. The van der Waals surface area contributed by atoms with Gasteiger partial charge < -0.3 is 14.4 Å². The Morgan fingerprint density at radius 1 is 0.826 bits per heavy atom. The van der Waals surface area contributed by atoms with Crippen LogP contribution in [0.3, 0.4) is 0 Å². The van der Waals surface area contributed by atoms with Crippen LogP contribution >= 0.6 is 0 Å². The lowest BCUT2D eigenvalue weighted by molar-refractivity contribution is 0.104. The molecule has 0 atom stereocenters. The smallest absolute Gasteiger partial charge is 0.187 e. The first-order valence-electron chi connectivity index (χ1n) is 7.27. The number of carbonyl (C=O) groups excluding carboxylic acids is 1. The molecule has 0 saturated carbocycles. The molecule has 0 unspecified atom stereocenters. The minimum absolute atomic E-state index is 0.0489. The molecule has 0 saturated heterocycles. The van der Waals surface area contributed by atoms with E-state index in [0.717, 1.165) is 22.8 Å². The average molecular weight is 311 g/mol. The third-order valence-corrected chi connectivity index (χ3v) is 3.51. The molecule has 2 aromatic carbocycles. The van der Waals surface area contributed by atoms with Crippen molar-refractivity contribution in [1.29, 1.82) is 0 Å². The number of benzene rings is 2. The molecular weight excluding hydrogens is 290 g/mol. The highest BCUT2D eigenvalue weighted by molar-refractivity contribution is 6.08. The number of ether oxygens (including phenoxy) is 2. The standard InChI is InChI=1S/C19H21NO3/c1-20(2)18(14-5-9-16(22-3)10-6-14)13-19(21)15-7-11-17(23-4)12-8-15/h5-13H,1-4H3. The molecule has 120 valence electrons. The van der Waals surface area contributed by atoms with E-state index in [1.807, 2.05) is 43.3 Å². The van der Waals surface area contributed by atoms with Crippen molar-refractivity contribution in [2.75, 3.05) is 28.3 Å². The maximum absolute atomic E-state index is 12.5. The lowest BCUT2D eigenvalue weighted by atomic mass is 10.1. The summed E-state index contributed by atoms with van der Waals surface area (Å²) in [6, 6.07) is 14.7. The van der Waals surface area contributed by atoms with E-state index in [2.05, 4.69) is 0 Å². The molecule has 23 heavy (non-hydrogen) atoms. The van der Waals surface area contributed by atoms with Crippen LogP contribution in [0.1, 0.15) is 15.9 Å². The molecule has 0 fully saturated rings. The Morgan fingerprint density at radius 2 is 1.26 bits per heavy atom. The lowest BCUT2D eigenvalue weighted by Crippen LogP contribution is -2.12. The van der Waals surface area contributed by atoms with Gasteiger partial charge in [-0.05, 0) is 54.1 Å². The van der Waals surface area contributed by atoms with Gasteiger partial charge in [0.2, 0.25) is 0 Å². The second-order valence-corrected chi connectivity index (χ2v) is 5.25. The molecule has 2 aromatic rings. The highest BCUT2D eigenvalue weighted by atomic mass is 16.5. The molecule has 0 heterocycles. The molecule has 0 radical (unpaired) electrons. The van der Waals surface area contributed by atoms with E-state index in [0.29, 0.717) is 5.56 Å². The van der Waals surface area contributed by atoms with Crippen molar-refractivity contribution in [3.63, 3.8) is 0 Å². The number of carbonyl (C=O) groups is 1. The number of rotatable bonds is 6. The second-order valence-electron chi connectivity index (χ2n) is 5.25. The van der Waals surface area contributed by atoms with Crippen molar-refractivity contribution in [1.82, 2.24) is 4.90 Å². The van der Waals surface area contributed by atoms with Crippen LogP contribution in [0.25, 0.3) is 5.70 Å². The fourth-order valence-corrected chi connectivity index (χ4v) is 2.20. The van der Waals surface area contributed by atoms with E-state index in [9.17, 15) is 4.79 Å². The van der Waals surface area contributed by atoms with E-state index < -0.39 is 0 Å². The Kier molecular flexibility index (Phi) is 5.41. The zero-order valence-corrected chi connectivity index (χ0v) is 13.9. The zero-order chi connectivity index (χ0) is 16.8. The van der Waals surface area contributed by atoms with Crippen molar-refractivity contribution in [3.8, 4) is 11.5 Å². The summed E-state index contributed by atoms with van der Waals surface area (Å²) in [6.45, 7) is 0. The van der Waals surface area contributed by atoms with E-state index in [1.54, 1.807) is 44.6 Å². The summed E-state index contributed by atoms with van der Waals surface area (Å²) >= 11 is 0. The van der Waals surface area contributed by atoms with Crippen LogP contribution in [0.2, 0.25) is 0 Å². The van der Waals surface area contributed by atoms with Gasteiger partial charge in [0.25, 0.3) is 0 Å². The number of methoxy groups -OCH3 is 2. The molecule has 0 N–H and O–H groups in total. The molecule has 0 aliphatic heterocycles. The van der Waals surface area contributed by atoms with Crippen LogP contribution in [0.4, 0.5) is 0 Å². The Balaban J connectivity index is 2.31. The van der Waals surface area contributed by atoms with Crippen molar-refractivity contribution in [2.24, 2.45) is 0 Å². The Bertz CT molecular complexity index is 686. The summed E-state index contributed by atoms with van der Waals surface area (Å²) < 4.78 is 10.3. The summed E-state index contributed by atoms with van der Waals surface area (Å²) in [5.74, 6) is 1.47. The third-order valence-electron chi connectivity index (χ3n) is 3.51. The molecule has 0 spiro atoms. The van der Waals surface area contributed by atoms with E-state index in [1.165, 1.54) is 0 Å². The first-order valence-corrected chi connectivity index (χ1v) is 7.27. The SMILES string of the molecule is COc1ccc(C(=O)C=C(c2ccc(OC)cc2)N(C)C)cc1. The Hall–Kier alpha value is -2.75. The summed E-state index contributed by atoms with van der Waals surface area (Å²) in [5, 5.41) is 0. The van der Waals surface area contributed by atoms with Crippen LogP contribution in [0.15, 0.2) is 54.6 Å². The summed E-state index contributed by atoms with van der Waals surface area (Å²) in [6.07, 6.45) is 1.64. The largest absolute Gasteiger partial charge is 0.497 e. The van der Waals surface area contributed by atoms with Crippen molar-refractivity contribution in [3.05, 3.63) is 65.7 Å². The Morgan fingerprint density at radius 3 is 1.65 bits per heavy atom. The number of allylic oxidation sites excluding steroid dienone is 1. The first-order chi connectivity index (χ1) is 11.0. The highest BCUT2D eigenvalue weighted by Crippen LogP contribution is 2.21. The maximum atomic E-state index is 12.5. The number of ketones is 1. The average Bonchev–Trinajstić information content (AvgIpc) is 2.59. The first kappa shape index (κ1) is 16.6. The van der Waals surface area contributed by atoms with Crippen LogP contribution in [-0.4, -0.2) is 39.0 Å². The molecule has 0 aromatic heterocycles. The highest BCUT2D eigenvalue weighted by Gasteiger charge is 2.09. The lowest BCUT2D eigenvalue weighted by Gasteiger charge is -2.17. The van der Waals surface area contributed by atoms with Crippen molar-refractivity contribution >= 4 is 11.5 Å². The van der Waals surface area contributed by atoms with Crippen molar-refractivity contribution < 1.29 is 14.3 Å². The van der Waals surface area contributed by atoms with Crippen molar-refractivity contribution in [2.45, 2.75) is 0 Å². The van der Waals surface area contributed by atoms with Gasteiger partial charge in [0.1, 0.15) is 11.5 Å². The van der Waals surface area contributed by atoms with Crippen LogP contribution in [-0.2, 0) is 0 Å². The molecule has 0 bridgehead atoms. The summed E-state index contributed by atoms with van der Waals surface area (Å²) in [7, 11) is 7.06. The van der Waals surface area contributed by atoms with Gasteiger partial charge in [-0.25, -0.2) is 0 Å². The van der Waals surface area contributed by atoms with E-state index in [4.69, 9.17) is 9.47 Å². The number of hydrogen-bond donors (Lipinski definition) is 0. The minimum Gasteiger partial charge on any atom is -0.497 e. The molecule has 4 heteroatoms. The number of hydrogen-bond acceptors (Lipinski definition) is 4. The topological polar surface area (TPSA) is 38.8 Å². The number of nitrogens with zero attached hydrogens (tertiary/aromatic N) is 1. The van der Waals surface area contributed by atoms with E-state index >= 15 is 0 Å². The maximum Gasteiger partial charge on any atom is 0.187 e. The fraction of sp³-hybridized carbons (Fsp3) is 0.211. The fourth-order valence-electron chi connectivity index (χ4n) is 2.20. The third kappa shape index (κ3) is 4.13. The summed E-state index contributed by atoms with van der Waals surface area (Å²) in [4.78, 5) is 14.4. The molecule has 0 amide bonds. The molecule has 2 rings (SSSR count). The minimum atomic E-state index is -0.0489. The second kappa shape index (κ2) is 7.49. The predicted octanol–water partition coefficient (Wildman–Crippen LogP) is 3.49. The van der Waals surface area contributed by atoms with Gasteiger partial charge in [-0.2, -0.15) is 0 Å². The van der Waals surface area contributed by atoms with Gasteiger partial charge in [-0.15, -0.1) is 0 Å². The monoisotopic (exact) mass is 311 g/mol. The van der Waals surface area contributed by atoms with Crippen LogP contribution in [0, 0.1) is 0 Å². The predicted molar refractivity (Wildman–Crippen MR) is 92.0 cm³/mol. The van der Waals surface area contributed by atoms with E-state index in [-0.39, 0.29) is 5.78 Å².